The summed E-state index contributed by atoms with van der Waals surface area (Å²) in [5.41, 5.74) is -0.954. The molecule has 3 atom stereocenters. The van der Waals surface area contributed by atoms with E-state index in [4.69, 9.17) is 4.18 Å². The third-order valence-electron chi connectivity index (χ3n) is 3.72. The summed E-state index contributed by atoms with van der Waals surface area (Å²) in [5.74, 6) is -2.61. The first-order chi connectivity index (χ1) is 6.84. The van der Waals surface area contributed by atoms with Gasteiger partial charge in [0.15, 0.2) is 0 Å². The zero-order valence-corrected chi connectivity index (χ0v) is 8.69. The van der Waals surface area contributed by atoms with Crippen LogP contribution in [0, 0.1) is 5.41 Å². The fourth-order valence-electron chi connectivity index (χ4n) is 2.76. The molecule has 3 rings (SSSR count). The first-order valence-electron chi connectivity index (χ1n) is 4.92. The van der Waals surface area contributed by atoms with Crippen LogP contribution in [0.15, 0.2) is 0 Å². The van der Waals surface area contributed by atoms with E-state index in [9.17, 15) is 17.2 Å². The fraction of sp³-hybridized carbons (Fsp3) is 1.00. The molecule has 1 heterocycles. The minimum absolute atomic E-state index is 0.106. The maximum absolute atomic E-state index is 13.1. The number of hydrogen-bond acceptors (Lipinski definition) is 3. The lowest BCUT2D eigenvalue weighted by molar-refractivity contribution is 0.0258. The van der Waals surface area contributed by atoms with Crippen molar-refractivity contribution in [2.24, 2.45) is 5.41 Å². The molecule has 7 heteroatoms. The Morgan fingerprint density at radius 1 is 1.40 bits per heavy atom. The van der Waals surface area contributed by atoms with Gasteiger partial charge in [-0.1, -0.05) is 0 Å². The fourth-order valence-corrected chi connectivity index (χ4v) is 3.97. The molecule has 1 saturated heterocycles. The van der Waals surface area contributed by atoms with Gasteiger partial charge < -0.3 is 0 Å². The average Bonchev–Trinajstić information content (AvgIpc) is 2.45. The van der Waals surface area contributed by atoms with Crippen LogP contribution in [0.2, 0.25) is 0 Å². The lowest BCUT2D eigenvalue weighted by Gasteiger charge is -2.29. The maximum atomic E-state index is 13.1. The van der Waals surface area contributed by atoms with E-state index in [0.29, 0.717) is 12.8 Å². The first kappa shape index (κ1) is 9.92. The molecule has 15 heavy (non-hydrogen) atoms. The Morgan fingerprint density at radius 3 is 2.67 bits per heavy atom. The number of hydrogen-bond donors (Lipinski definition) is 1. The largest absolute Gasteiger partial charge is 0.336 e. The number of halogens is 2. The zero-order valence-electron chi connectivity index (χ0n) is 7.87. The van der Waals surface area contributed by atoms with Crippen LogP contribution in [0.4, 0.5) is 8.78 Å². The highest BCUT2D eigenvalue weighted by molar-refractivity contribution is 7.85. The minimum Gasteiger partial charge on any atom is -0.253 e. The summed E-state index contributed by atoms with van der Waals surface area (Å²) in [7, 11) is -3.68. The van der Waals surface area contributed by atoms with Crippen molar-refractivity contribution in [3.63, 3.8) is 0 Å². The highest BCUT2D eigenvalue weighted by Crippen LogP contribution is 2.67. The molecule has 0 unspecified atom stereocenters. The molecule has 3 aliphatic rings. The molecule has 1 aliphatic heterocycles. The SMILES string of the molecule is O=S1(=O)N[C@H]2C[C@]3(CC[C@H]2O1)CC3(F)F. The third-order valence-corrected chi connectivity index (χ3v) is 4.82. The third kappa shape index (κ3) is 1.33. The van der Waals surface area contributed by atoms with E-state index in [1.807, 2.05) is 0 Å². The average molecular weight is 239 g/mol. The van der Waals surface area contributed by atoms with E-state index < -0.39 is 33.8 Å². The second kappa shape index (κ2) is 2.52. The predicted octanol–water partition coefficient (Wildman–Crippen LogP) is 0.798. The summed E-state index contributed by atoms with van der Waals surface area (Å²) < 4.78 is 55.4. The van der Waals surface area contributed by atoms with Crippen LogP contribution in [0.25, 0.3) is 0 Å². The molecule has 2 saturated carbocycles. The van der Waals surface area contributed by atoms with E-state index in [2.05, 4.69) is 4.72 Å². The van der Waals surface area contributed by atoms with Crippen LogP contribution in [0.5, 0.6) is 0 Å². The second-order valence-corrected chi connectivity index (χ2v) is 6.05. The Balaban J connectivity index is 1.81. The van der Waals surface area contributed by atoms with Crippen LogP contribution in [-0.4, -0.2) is 26.5 Å². The van der Waals surface area contributed by atoms with Gasteiger partial charge in [-0.25, -0.2) is 8.78 Å². The van der Waals surface area contributed by atoms with E-state index >= 15 is 0 Å². The number of alkyl halides is 2. The van der Waals surface area contributed by atoms with Gasteiger partial charge >= 0.3 is 10.3 Å². The van der Waals surface area contributed by atoms with Crippen molar-refractivity contribution in [2.75, 3.05) is 0 Å². The summed E-state index contributed by atoms with van der Waals surface area (Å²) in [4.78, 5) is 0. The van der Waals surface area contributed by atoms with Gasteiger partial charge in [0.2, 0.25) is 0 Å². The van der Waals surface area contributed by atoms with Crippen molar-refractivity contribution in [1.82, 2.24) is 4.72 Å². The molecule has 0 aromatic rings. The highest BCUT2D eigenvalue weighted by atomic mass is 32.2. The van der Waals surface area contributed by atoms with Crippen molar-refractivity contribution in [2.45, 2.75) is 43.8 Å². The van der Waals surface area contributed by atoms with Gasteiger partial charge in [0.05, 0.1) is 12.1 Å². The molecule has 0 bridgehead atoms. The highest BCUT2D eigenvalue weighted by Gasteiger charge is 2.72. The molecule has 0 aromatic carbocycles. The molecule has 86 valence electrons. The zero-order chi connectivity index (χ0) is 10.9. The second-order valence-electron chi connectivity index (χ2n) is 4.72. The monoisotopic (exact) mass is 239 g/mol. The molecule has 1 spiro atoms. The summed E-state index contributed by atoms with van der Waals surface area (Å²) in [6.07, 6.45) is 0.400. The quantitative estimate of drug-likeness (QED) is 0.680. The Labute approximate surface area is 86.2 Å². The van der Waals surface area contributed by atoms with Crippen LogP contribution >= 0.6 is 0 Å². The van der Waals surface area contributed by atoms with Crippen molar-refractivity contribution in [3.05, 3.63) is 0 Å². The Kier molecular flexibility index (Phi) is 1.66. The van der Waals surface area contributed by atoms with Crippen LogP contribution in [0.3, 0.4) is 0 Å². The Hall–Kier alpha value is -0.270. The van der Waals surface area contributed by atoms with Crippen molar-refractivity contribution in [1.29, 1.82) is 0 Å². The van der Waals surface area contributed by atoms with E-state index in [1.165, 1.54) is 0 Å². The maximum Gasteiger partial charge on any atom is 0.336 e. The predicted molar refractivity (Wildman–Crippen MR) is 46.6 cm³/mol. The number of fused-ring (bicyclic) bond motifs is 1. The van der Waals surface area contributed by atoms with Crippen LogP contribution in [0.1, 0.15) is 25.7 Å². The van der Waals surface area contributed by atoms with Gasteiger partial charge in [-0.3, -0.25) is 4.18 Å². The molecule has 3 fully saturated rings. The summed E-state index contributed by atoms with van der Waals surface area (Å²) in [5, 5.41) is 0. The van der Waals surface area contributed by atoms with Crippen LogP contribution in [-0.2, 0) is 14.5 Å². The number of nitrogens with one attached hydrogen (secondary N) is 1. The first-order valence-corrected chi connectivity index (χ1v) is 6.33. The topological polar surface area (TPSA) is 55.4 Å². The molecular weight excluding hydrogens is 228 g/mol. The Bertz CT molecular complexity index is 410. The molecular formula is C8H11F2NO3S. The lowest BCUT2D eigenvalue weighted by atomic mass is 9.81. The Morgan fingerprint density at radius 2 is 2.07 bits per heavy atom. The molecule has 0 aromatic heterocycles. The standard InChI is InChI=1S/C8H11F2NO3S/c9-8(10)4-7(8)2-1-6-5(3-7)11-15(12,13)14-6/h5-6,11H,1-4H2/t5-,6+,7+/m0/s1. The smallest absolute Gasteiger partial charge is 0.253 e. The van der Waals surface area contributed by atoms with Crippen molar-refractivity contribution >= 4 is 10.3 Å². The molecule has 0 amide bonds. The summed E-state index contributed by atoms with van der Waals surface area (Å²) in [6.45, 7) is 0. The van der Waals surface area contributed by atoms with Gasteiger partial charge in [-0.15, -0.1) is 0 Å². The van der Waals surface area contributed by atoms with Gasteiger partial charge in [0, 0.05) is 11.8 Å². The summed E-state index contributed by atoms with van der Waals surface area (Å²) in [6, 6.07) is -0.461. The molecule has 1 N–H and O–H groups in total. The van der Waals surface area contributed by atoms with Gasteiger partial charge in [-0.05, 0) is 19.3 Å². The van der Waals surface area contributed by atoms with Crippen molar-refractivity contribution < 1.29 is 21.4 Å². The number of rotatable bonds is 0. The van der Waals surface area contributed by atoms with Gasteiger partial charge in [0.25, 0.3) is 5.92 Å². The van der Waals surface area contributed by atoms with Crippen LogP contribution < -0.4 is 4.72 Å². The van der Waals surface area contributed by atoms with E-state index in [0.717, 1.165) is 0 Å². The molecule has 4 nitrogen and oxygen atoms in total. The lowest BCUT2D eigenvalue weighted by Crippen LogP contribution is -2.39. The normalized spacial score (nSPS) is 50.3. The summed E-state index contributed by atoms with van der Waals surface area (Å²) >= 11 is 0. The van der Waals surface area contributed by atoms with Gasteiger partial charge in [-0.2, -0.15) is 13.1 Å². The molecule has 2 aliphatic carbocycles. The van der Waals surface area contributed by atoms with E-state index in [1.54, 1.807) is 0 Å². The minimum atomic E-state index is -3.68. The van der Waals surface area contributed by atoms with Gasteiger partial charge in [0.1, 0.15) is 0 Å². The van der Waals surface area contributed by atoms with Crippen molar-refractivity contribution in [3.8, 4) is 0 Å². The van der Waals surface area contributed by atoms with E-state index in [-0.39, 0.29) is 12.8 Å². The molecule has 0 radical (unpaired) electrons.